The lowest BCUT2D eigenvalue weighted by Crippen LogP contribution is -2.54. The monoisotopic (exact) mass is 271 g/mol. The number of nitrogens with one attached hydrogen (secondary N) is 1. The van der Waals surface area contributed by atoms with Crippen molar-refractivity contribution in [2.45, 2.75) is 18.9 Å². The van der Waals surface area contributed by atoms with Gasteiger partial charge in [0, 0.05) is 10.6 Å². The van der Waals surface area contributed by atoms with E-state index < -0.39 is 11.5 Å². The summed E-state index contributed by atoms with van der Waals surface area (Å²) in [5, 5.41) is 11.9. The Morgan fingerprint density at radius 3 is 2.71 bits per heavy atom. The molecule has 1 saturated heterocycles. The van der Waals surface area contributed by atoms with Crippen LogP contribution in [0.4, 0.5) is 0 Å². The molecule has 17 heavy (non-hydrogen) atoms. The van der Waals surface area contributed by atoms with Crippen molar-refractivity contribution in [3.8, 4) is 0 Å². The topological polar surface area (TPSA) is 66.4 Å². The van der Waals surface area contributed by atoms with Gasteiger partial charge in [0.1, 0.15) is 5.54 Å². The van der Waals surface area contributed by atoms with E-state index in [0.717, 1.165) is 10.6 Å². The quantitative estimate of drug-likeness (QED) is 0.879. The fourth-order valence-electron chi connectivity index (χ4n) is 1.72. The van der Waals surface area contributed by atoms with E-state index in [1.165, 1.54) is 11.3 Å². The third kappa shape index (κ3) is 2.47. The highest BCUT2D eigenvalue weighted by Gasteiger charge is 2.43. The van der Waals surface area contributed by atoms with Crippen molar-refractivity contribution in [3.63, 3.8) is 0 Å². The Kier molecular flexibility index (Phi) is 3.44. The number of thiophene rings is 1. The number of aliphatic carboxylic acids is 1. The number of thioether (sulfide) groups is 1. The predicted molar refractivity (Wildman–Crippen MR) is 68.8 cm³/mol. The first-order valence-electron chi connectivity index (χ1n) is 5.24. The Morgan fingerprint density at radius 2 is 2.24 bits per heavy atom. The Balaban J connectivity index is 2.14. The lowest BCUT2D eigenvalue weighted by atomic mass is 9.99. The SMILES string of the molecule is Cc1ccc(C(=O)N[C@]2(C(=O)O)CCSC2)s1. The van der Waals surface area contributed by atoms with Crippen LogP contribution in [0.15, 0.2) is 12.1 Å². The molecule has 2 N–H and O–H groups in total. The Bertz CT molecular complexity index is 449. The van der Waals surface area contributed by atoms with Gasteiger partial charge in [-0.05, 0) is 31.2 Å². The lowest BCUT2D eigenvalue weighted by Gasteiger charge is -2.24. The van der Waals surface area contributed by atoms with E-state index >= 15 is 0 Å². The molecule has 0 saturated carbocycles. The number of hydrogen-bond acceptors (Lipinski definition) is 4. The maximum absolute atomic E-state index is 12.0. The van der Waals surface area contributed by atoms with Crippen LogP contribution < -0.4 is 5.32 Å². The van der Waals surface area contributed by atoms with Crippen LogP contribution in [-0.2, 0) is 4.79 Å². The van der Waals surface area contributed by atoms with E-state index in [1.807, 2.05) is 13.0 Å². The van der Waals surface area contributed by atoms with Crippen molar-refractivity contribution in [2.24, 2.45) is 0 Å². The molecule has 0 aliphatic carbocycles. The first-order valence-corrected chi connectivity index (χ1v) is 7.21. The molecule has 1 aliphatic rings. The third-order valence-electron chi connectivity index (χ3n) is 2.75. The number of carboxylic acid groups (broad SMARTS) is 1. The molecule has 1 fully saturated rings. The molecule has 6 heteroatoms. The number of carbonyl (C=O) groups is 2. The summed E-state index contributed by atoms with van der Waals surface area (Å²) in [5.41, 5.74) is -1.08. The summed E-state index contributed by atoms with van der Waals surface area (Å²) in [6.07, 6.45) is 0.489. The van der Waals surface area contributed by atoms with Crippen LogP contribution in [0, 0.1) is 6.92 Å². The second-order valence-electron chi connectivity index (χ2n) is 4.05. The summed E-state index contributed by atoms with van der Waals surface area (Å²) in [6.45, 7) is 1.92. The van der Waals surface area contributed by atoms with E-state index in [-0.39, 0.29) is 5.91 Å². The maximum Gasteiger partial charge on any atom is 0.330 e. The van der Waals surface area contributed by atoms with Crippen molar-refractivity contribution < 1.29 is 14.7 Å². The van der Waals surface area contributed by atoms with E-state index in [0.29, 0.717) is 17.1 Å². The van der Waals surface area contributed by atoms with Gasteiger partial charge >= 0.3 is 5.97 Å². The molecule has 2 heterocycles. The standard InChI is InChI=1S/C11H13NO3S2/c1-7-2-3-8(17-7)9(13)12-11(10(14)15)4-5-16-6-11/h2-3H,4-6H2,1H3,(H,12,13)(H,14,15)/t11-/m1/s1. The normalized spacial score (nSPS) is 23.6. The molecular weight excluding hydrogens is 258 g/mol. The van der Waals surface area contributed by atoms with Gasteiger partial charge in [-0.15, -0.1) is 11.3 Å². The average Bonchev–Trinajstić information content (AvgIpc) is 2.87. The zero-order chi connectivity index (χ0) is 12.5. The molecule has 1 atom stereocenters. The average molecular weight is 271 g/mol. The summed E-state index contributed by atoms with van der Waals surface area (Å²) >= 11 is 2.94. The summed E-state index contributed by atoms with van der Waals surface area (Å²) < 4.78 is 0. The molecule has 1 aromatic heterocycles. The second-order valence-corrected chi connectivity index (χ2v) is 6.45. The van der Waals surface area contributed by atoms with Gasteiger partial charge in [0.2, 0.25) is 0 Å². The molecule has 0 spiro atoms. The highest BCUT2D eigenvalue weighted by molar-refractivity contribution is 7.99. The van der Waals surface area contributed by atoms with Crippen LogP contribution in [0.3, 0.4) is 0 Å². The zero-order valence-electron chi connectivity index (χ0n) is 9.36. The van der Waals surface area contributed by atoms with Gasteiger partial charge in [0.05, 0.1) is 4.88 Å². The van der Waals surface area contributed by atoms with Crippen molar-refractivity contribution in [1.29, 1.82) is 0 Å². The number of rotatable bonds is 3. The van der Waals surface area contributed by atoms with Gasteiger partial charge < -0.3 is 10.4 Å². The Morgan fingerprint density at radius 1 is 1.47 bits per heavy atom. The lowest BCUT2D eigenvalue weighted by molar-refractivity contribution is -0.143. The van der Waals surface area contributed by atoms with Crippen LogP contribution >= 0.6 is 23.1 Å². The molecule has 0 unspecified atom stereocenters. The summed E-state index contributed by atoms with van der Waals surface area (Å²) in [6, 6.07) is 3.59. The van der Waals surface area contributed by atoms with Crippen LogP contribution in [0.2, 0.25) is 0 Å². The van der Waals surface area contributed by atoms with Crippen LogP contribution in [0.25, 0.3) is 0 Å². The highest BCUT2D eigenvalue weighted by Crippen LogP contribution is 2.29. The minimum absolute atomic E-state index is 0.284. The predicted octanol–water partition coefficient (Wildman–Crippen LogP) is 1.75. The third-order valence-corrected chi connectivity index (χ3v) is 4.94. The Hall–Kier alpha value is -1.01. The van der Waals surface area contributed by atoms with E-state index in [9.17, 15) is 14.7 Å². The molecule has 1 aromatic rings. The largest absolute Gasteiger partial charge is 0.479 e. The van der Waals surface area contributed by atoms with Crippen molar-refractivity contribution in [2.75, 3.05) is 11.5 Å². The molecule has 0 aromatic carbocycles. The van der Waals surface area contributed by atoms with Gasteiger partial charge in [-0.1, -0.05) is 0 Å². The fourth-order valence-corrected chi connectivity index (χ4v) is 3.81. The van der Waals surface area contributed by atoms with E-state index in [2.05, 4.69) is 5.32 Å². The number of aryl methyl sites for hydroxylation is 1. The molecule has 92 valence electrons. The number of carboxylic acids is 1. The number of hydrogen-bond donors (Lipinski definition) is 2. The summed E-state index contributed by atoms with van der Waals surface area (Å²) in [5.74, 6) is -0.00814. The van der Waals surface area contributed by atoms with Crippen molar-refractivity contribution in [3.05, 3.63) is 21.9 Å². The molecular formula is C11H13NO3S2. The van der Waals surface area contributed by atoms with Crippen LogP contribution in [0.1, 0.15) is 21.0 Å². The number of amides is 1. The molecule has 2 rings (SSSR count). The zero-order valence-corrected chi connectivity index (χ0v) is 11.0. The van der Waals surface area contributed by atoms with Crippen molar-refractivity contribution >= 4 is 35.0 Å². The highest BCUT2D eigenvalue weighted by atomic mass is 32.2. The molecule has 1 aliphatic heterocycles. The first kappa shape index (κ1) is 12.4. The Labute approximate surface area is 107 Å². The van der Waals surface area contributed by atoms with Crippen LogP contribution in [-0.4, -0.2) is 34.0 Å². The van der Waals surface area contributed by atoms with E-state index in [4.69, 9.17) is 0 Å². The van der Waals surface area contributed by atoms with Gasteiger partial charge in [-0.25, -0.2) is 4.79 Å². The first-order chi connectivity index (χ1) is 8.03. The fraction of sp³-hybridized carbons (Fsp3) is 0.455. The maximum atomic E-state index is 12.0. The van der Waals surface area contributed by atoms with Gasteiger partial charge in [-0.2, -0.15) is 11.8 Å². The molecule has 0 radical (unpaired) electrons. The molecule has 4 nitrogen and oxygen atoms in total. The molecule has 0 bridgehead atoms. The minimum Gasteiger partial charge on any atom is -0.479 e. The van der Waals surface area contributed by atoms with Crippen molar-refractivity contribution in [1.82, 2.24) is 5.32 Å². The van der Waals surface area contributed by atoms with E-state index in [1.54, 1.807) is 17.8 Å². The summed E-state index contributed by atoms with van der Waals surface area (Å²) in [7, 11) is 0. The smallest absolute Gasteiger partial charge is 0.330 e. The van der Waals surface area contributed by atoms with Crippen LogP contribution in [0.5, 0.6) is 0 Å². The minimum atomic E-state index is -1.08. The van der Waals surface area contributed by atoms with Gasteiger partial charge in [0.25, 0.3) is 5.91 Å². The van der Waals surface area contributed by atoms with Gasteiger partial charge in [-0.3, -0.25) is 4.79 Å². The summed E-state index contributed by atoms with van der Waals surface area (Å²) in [4.78, 5) is 24.8. The molecule has 1 amide bonds. The second kappa shape index (κ2) is 4.70. The number of carbonyl (C=O) groups excluding carboxylic acids is 1. The van der Waals surface area contributed by atoms with Gasteiger partial charge in [0.15, 0.2) is 0 Å².